The number of thiazole rings is 1. The van der Waals surface area contributed by atoms with E-state index in [0.717, 1.165) is 30.6 Å². The van der Waals surface area contributed by atoms with Crippen molar-refractivity contribution in [3.8, 4) is 6.01 Å². The Morgan fingerprint density at radius 1 is 1.44 bits per heavy atom. The average Bonchev–Trinajstić information content (AvgIpc) is 3.25. The highest BCUT2D eigenvalue weighted by molar-refractivity contribution is 7.88. The lowest BCUT2D eigenvalue weighted by Crippen LogP contribution is -2.40. The molecule has 0 spiro atoms. The lowest BCUT2D eigenvalue weighted by atomic mass is 10.5. The SMILES string of the molecule is CCCn1ccsc1=NS(=O)(=O)NC(=O)n1nc(OCC)n(C2CC2)c1=O. The van der Waals surface area contributed by atoms with E-state index >= 15 is 0 Å². The van der Waals surface area contributed by atoms with Crippen LogP contribution in [-0.4, -0.2) is 40.0 Å². The minimum Gasteiger partial charge on any atom is -0.464 e. The fourth-order valence-corrected chi connectivity index (χ4v) is 4.17. The third-order valence-corrected chi connectivity index (χ3v) is 5.45. The van der Waals surface area contributed by atoms with Gasteiger partial charge in [-0.3, -0.25) is 0 Å². The number of ether oxygens (including phenoxy) is 1. The summed E-state index contributed by atoms with van der Waals surface area (Å²) < 4.78 is 38.5. The Bertz CT molecular complexity index is 1060. The zero-order valence-corrected chi connectivity index (χ0v) is 16.5. The van der Waals surface area contributed by atoms with Crippen molar-refractivity contribution in [3.05, 3.63) is 26.9 Å². The lowest BCUT2D eigenvalue weighted by molar-refractivity contribution is 0.242. The van der Waals surface area contributed by atoms with E-state index in [1.54, 1.807) is 27.8 Å². The topological polar surface area (TPSA) is 130 Å². The first kappa shape index (κ1) is 19.4. The number of carbonyl (C=O) groups is 1. The van der Waals surface area contributed by atoms with Crippen molar-refractivity contribution in [2.45, 2.75) is 45.7 Å². The predicted molar refractivity (Wildman–Crippen MR) is 96.9 cm³/mol. The van der Waals surface area contributed by atoms with Crippen molar-refractivity contribution in [1.29, 1.82) is 0 Å². The largest absolute Gasteiger partial charge is 0.464 e. The summed E-state index contributed by atoms with van der Waals surface area (Å²) in [6, 6.07) is -1.29. The molecular formula is C14H20N6O5S2. The van der Waals surface area contributed by atoms with Crippen LogP contribution >= 0.6 is 11.3 Å². The van der Waals surface area contributed by atoms with Crippen LogP contribution in [0.4, 0.5) is 4.79 Å². The third-order valence-electron chi connectivity index (χ3n) is 3.70. The number of hydrogen-bond donors (Lipinski definition) is 1. The highest BCUT2D eigenvalue weighted by Crippen LogP contribution is 2.35. The number of aryl methyl sites for hydroxylation is 1. The summed E-state index contributed by atoms with van der Waals surface area (Å²) in [5.41, 5.74) is -0.745. The second-order valence-corrected chi connectivity index (χ2v) is 8.07. The fraction of sp³-hybridized carbons (Fsp3) is 0.571. The van der Waals surface area contributed by atoms with E-state index in [4.69, 9.17) is 4.74 Å². The van der Waals surface area contributed by atoms with Crippen LogP contribution in [0.5, 0.6) is 6.01 Å². The van der Waals surface area contributed by atoms with E-state index < -0.39 is 21.9 Å². The second-order valence-electron chi connectivity index (χ2n) is 5.86. The standard InChI is InChI=1S/C14H20N6O5S2/c1-3-7-18-8-9-26-13(18)17-27(23,24)16-11(21)20-14(22)19(10-5-6-10)12(15-20)25-4-2/h8-10H,3-7H2,1-2H3,(H,16,21). The molecule has 13 heteroatoms. The number of aromatic nitrogens is 4. The molecule has 148 valence electrons. The summed E-state index contributed by atoms with van der Waals surface area (Å²) in [7, 11) is -4.36. The molecule has 0 bridgehead atoms. The van der Waals surface area contributed by atoms with Gasteiger partial charge in [-0.2, -0.15) is 8.42 Å². The summed E-state index contributed by atoms with van der Waals surface area (Å²) in [5.74, 6) is 0. The summed E-state index contributed by atoms with van der Waals surface area (Å²) in [5, 5.41) is 5.51. The smallest absolute Gasteiger partial charge is 0.361 e. The van der Waals surface area contributed by atoms with E-state index in [-0.39, 0.29) is 23.5 Å². The average molecular weight is 416 g/mol. The molecule has 27 heavy (non-hydrogen) atoms. The van der Waals surface area contributed by atoms with Crippen LogP contribution in [0.3, 0.4) is 0 Å². The number of nitrogens with one attached hydrogen (secondary N) is 1. The molecule has 0 unspecified atom stereocenters. The van der Waals surface area contributed by atoms with Crippen LogP contribution in [0.15, 0.2) is 20.8 Å². The van der Waals surface area contributed by atoms with Gasteiger partial charge in [0.05, 0.1) is 6.61 Å². The zero-order valence-electron chi connectivity index (χ0n) is 14.9. The first-order valence-corrected chi connectivity index (χ1v) is 10.8. The monoisotopic (exact) mass is 416 g/mol. The molecule has 1 aliphatic carbocycles. The first-order chi connectivity index (χ1) is 12.9. The Hall–Kier alpha value is -2.41. The summed E-state index contributed by atoms with van der Waals surface area (Å²) in [6.45, 7) is 4.52. The molecule has 0 atom stereocenters. The van der Waals surface area contributed by atoms with Crippen LogP contribution in [0.25, 0.3) is 0 Å². The number of nitrogens with zero attached hydrogens (tertiary/aromatic N) is 5. The van der Waals surface area contributed by atoms with Crippen molar-refractivity contribution >= 4 is 27.6 Å². The molecule has 1 fully saturated rings. The molecule has 1 saturated carbocycles. The highest BCUT2D eigenvalue weighted by atomic mass is 32.2. The molecule has 0 aromatic carbocycles. The predicted octanol–water partition coefficient (Wildman–Crippen LogP) is 0.455. The van der Waals surface area contributed by atoms with E-state index in [9.17, 15) is 18.0 Å². The molecule has 0 saturated heterocycles. The van der Waals surface area contributed by atoms with Gasteiger partial charge in [-0.1, -0.05) is 6.92 Å². The van der Waals surface area contributed by atoms with Crippen molar-refractivity contribution < 1.29 is 17.9 Å². The quantitative estimate of drug-likeness (QED) is 0.698. The van der Waals surface area contributed by atoms with Gasteiger partial charge in [0.25, 0.3) is 0 Å². The Kier molecular flexibility index (Phi) is 5.51. The minimum atomic E-state index is -4.36. The number of amides is 1. The van der Waals surface area contributed by atoms with E-state index in [1.165, 1.54) is 4.57 Å². The van der Waals surface area contributed by atoms with Crippen LogP contribution < -0.4 is 20.0 Å². The molecule has 2 aromatic heterocycles. The highest BCUT2D eigenvalue weighted by Gasteiger charge is 2.32. The van der Waals surface area contributed by atoms with Crippen LogP contribution in [-0.2, 0) is 16.8 Å². The van der Waals surface area contributed by atoms with Gasteiger partial charge in [0.15, 0.2) is 0 Å². The molecule has 2 heterocycles. The van der Waals surface area contributed by atoms with E-state index in [1.807, 2.05) is 6.92 Å². The number of rotatable bonds is 7. The molecule has 3 rings (SSSR count). The van der Waals surface area contributed by atoms with Gasteiger partial charge in [-0.15, -0.1) is 25.5 Å². The molecule has 0 radical (unpaired) electrons. The Morgan fingerprint density at radius 3 is 2.81 bits per heavy atom. The number of hydrogen-bond acceptors (Lipinski definition) is 7. The van der Waals surface area contributed by atoms with E-state index in [0.29, 0.717) is 11.2 Å². The maximum absolute atomic E-state index is 12.4. The maximum Gasteiger partial charge on any atom is 0.361 e. The molecule has 1 aliphatic rings. The van der Waals surface area contributed by atoms with Crippen LogP contribution in [0.2, 0.25) is 0 Å². The zero-order chi connectivity index (χ0) is 19.6. The molecule has 0 aliphatic heterocycles. The molecule has 1 N–H and O–H groups in total. The van der Waals surface area contributed by atoms with Crippen molar-refractivity contribution in [3.63, 3.8) is 0 Å². The van der Waals surface area contributed by atoms with E-state index in [2.05, 4.69) is 9.50 Å². The fourth-order valence-electron chi connectivity index (χ4n) is 2.43. The van der Waals surface area contributed by atoms with Gasteiger partial charge in [0, 0.05) is 24.2 Å². The maximum atomic E-state index is 12.4. The lowest BCUT2D eigenvalue weighted by Gasteiger charge is -2.02. The van der Waals surface area contributed by atoms with Gasteiger partial charge < -0.3 is 9.30 Å². The van der Waals surface area contributed by atoms with Gasteiger partial charge in [0.2, 0.25) is 4.80 Å². The Morgan fingerprint density at radius 2 is 2.19 bits per heavy atom. The number of carbonyl (C=O) groups excluding carboxylic acids is 1. The minimum absolute atomic E-state index is 0.00599. The first-order valence-electron chi connectivity index (χ1n) is 8.47. The second kappa shape index (κ2) is 7.68. The van der Waals surface area contributed by atoms with Gasteiger partial charge >= 0.3 is 27.9 Å². The van der Waals surface area contributed by atoms with Crippen molar-refractivity contribution in [2.24, 2.45) is 4.40 Å². The normalized spacial score (nSPS) is 15.1. The molecular weight excluding hydrogens is 396 g/mol. The summed E-state index contributed by atoms with van der Waals surface area (Å²) >= 11 is 1.13. The third kappa shape index (κ3) is 4.30. The van der Waals surface area contributed by atoms with Gasteiger partial charge in [0.1, 0.15) is 0 Å². The summed E-state index contributed by atoms with van der Waals surface area (Å²) in [4.78, 5) is 25.0. The van der Waals surface area contributed by atoms with Crippen LogP contribution in [0, 0.1) is 0 Å². The molecule has 2 aromatic rings. The molecule has 11 nitrogen and oxygen atoms in total. The van der Waals surface area contributed by atoms with Crippen molar-refractivity contribution in [2.75, 3.05) is 6.61 Å². The van der Waals surface area contributed by atoms with Crippen LogP contribution in [0.1, 0.15) is 39.2 Å². The molecule has 1 amide bonds. The Labute approximate surface area is 159 Å². The van der Waals surface area contributed by atoms with Gasteiger partial charge in [-0.25, -0.2) is 18.9 Å². The van der Waals surface area contributed by atoms with Gasteiger partial charge in [-0.05, 0) is 26.2 Å². The summed E-state index contributed by atoms with van der Waals surface area (Å²) in [6.07, 6.45) is 4.05. The van der Waals surface area contributed by atoms with Crippen molar-refractivity contribution in [1.82, 2.24) is 23.6 Å². The Balaban J connectivity index is 1.87.